The highest BCUT2D eigenvalue weighted by molar-refractivity contribution is 7.38. The van der Waals surface area contributed by atoms with Crippen LogP contribution in [-0.2, 0) is 18.6 Å². The van der Waals surface area contributed by atoms with Crippen LogP contribution in [0.1, 0.15) is 96.8 Å². The molecule has 5 nitrogen and oxygen atoms in total. The summed E-state index contributed by atoms with van der Waals surface area (Å²) in [5.74, 6) is 0. The van der Waals surface area contributed by atoms with E-state index in [4.69, 9.17) is 21.8 Å². The van der Waals surface area contributed by atoms with Gasteiger partial charge in [0.2, 0.25) is 0 Å². The number of aliphatic hydroxyl groups is 1. The Morgan fingerprint density at radius 3 is 1.79 bits per heavy atom. The minimum Gasteiger partial charge on any atom is -0.394 e. The quantitative estimate of drug-likeness (QED) is 0.167. The van der Waals surface area contributed by atoms with Crippen molar-refractivity contribution in [1.29, 1.82) is 0 Å². The van der Waals surface area contributed by atoms with E-state index >= 15 is 0 Å². The monoisotopic (exact) mass is 429 g/mol. The topological polar surface area (TPSA) is 65.0 Å². The predicted molar refractivity (Wildman–Crippen MR) is 120 cm³/mol. The van der Waals surface area contributed by atoms with Gasteiger partial charge in [0.05, 0.1) is 6.61 Å². The molecule has 0 amide bonds. The first kappa shape index (κ1) is 27.0. The highest BCUT2D eigenvalue weighted by Crippen LogP contribution is 2.32. The van der Waals surface area contributed by atoms with Gasteiger partial charge in [0, 0.05) is 12.6 Å². The molecule has 1 fully saturated rings. The van der Waals surface area contributed by atoms with E-state index in [1.807, 2.05) is 0 Å². The van der Waals surface area contributed by atoms with Crippen LogP contribution in [0, 0.1) is 0 Å². The zero-order valence-corrected chi connectivity index (χ0v) is 19.6. The van der Waals surface area contributed by atoms with E-state index < -0.39 is 32.3 Å². The number of hydrogen-bond acceptors (Lipinski definition) is 5. The maximum Gasteiger partial charge on any atom is 0.505 e. The molecule has 0 aromatic rings. The summed E-state index contributed by atoms with van der Waals surface area (Å²) in [4.78, 5) is 0. The van der Waals surface area contributed by atoms with Gasteiger partial charge in [0.1, 0.15) is 20.1 Å². The molecule has 5 unspecified atom stereocenters. The van der Waals surface area contributed by atoms with Crippen LogP contribution in [0.5, 0.6) is 0 Å². The highest BCUT2D eigenvalue weighted by Gasteiger charge is 2.47. The van der Waals surface area contributed by atoms with Gasteiger partial charge in [-0.2, -0.15) is 0 Å². The molecule has 0 spiro atoms. The molecule has 0 saturated carbocycles. The van der Waals surface area contributed by atoms with Gasteiger partial charge in [0.15, 0.2) is 12.8 Å². The van der Waals surface area contributed by atoms with Crippen LogP contribution in [0.4, 0.5) is 0 Å². The molecule has 0 aromatic carbocycles. The van der Waals surface area contributed by atoms with Crippen LogP contribution in [0.25, 0.3) is 0 Å². The normalized spacial score (nSPS) is 24.9. The van der Waals surface area contributed by atoms with Gasteiger partial charge < -0.3 is 14.6 Å². The van der Waals surface area contributed by atoms with Crippen LogP contribution in [0.2, 0.25) is 0 Å². The third-order valence-electron chi connectivity index (χ3n) is 5.60. The lowest BCUT2D eigenvalue weighted by Crippen LogP contribution is -2.37. The molecule has 0 aromatic heterocycles. The predicted octanol–water partition coefficient (Wildman–Crippen LogP) is 5.50. The van der Waals surface area contributed by atoms with Crippen molar-refractivity contribution in [3.63, 3.8) is 0 Å². The summed E-state index contributed by atoms with van der Waals surface area (Å²) in [6.07, 6.45) is 16.8. The lowest BCUT2D eigenvalue weighted by atomic mass is 9.93. The van der Waals surface area contributed by atoms with Gasteiger partial charge in [-0.05, 0) is 11.0 Å². The minimum absolute atomic E-state index is 0.222. The van der Waals surface area contributed by atoms with E-state index in [0.717, 1.165) is 12.8 Å². The van der Waals surface area contributed by atoms with Gasteiger partial charge in [-0.25, -0.2) is 0 Å². The molecule has 1 aliphatic rings. The van der Waals surface area contributed by atoms with Crippen molar-refractivity contribution in [2.45, 2.75) is 121 Å². The van der Waals surface area contributed by atoms with Crippen molar-refractivity contribution < 1.29 is 23.7 Å². The zero-order chi connectivity index (χ0) is 21.3. The zero-order valence-electron chi connectivity index (χ0n) is 18.7. The second-order valence-electron chi connectivity index (χ2n) is 8.26. The summed E-state index contributed by atoms with van der Waals surface area (Å²) in [7, 11) is 4.13. The average molecular weight is 429 g/mol. The summed E-state index contributed by atoms with van der Waals surface area (Å²) < 4.78 is 28.1. The molecule has 1 heterocycles. The van der Waals surface area contributed by atoms with Crippen LogP contribution < -0.4 is 0 Å². The fourth-order valence-corrected chi connectivity index (χ4v) is 4.51. The van der Waals surface area contributed by atoms with Gasteiger partial charge in [-0.15, -0.1) is 4.52 Å². The fourth-order valence-electron chi connectivity index (χ4n) is 3.91. The summed E-state index contributed by atoms with van der Waals surface area (Å²) in [6.45, 7) is 4.11. The summed E-state index contributed by atoms with van der Waals surface area (Å²) in [5.41, 5.74) is 0. The smallest absolute Gasteiger partial charge is 0.394 e. The molecule has 0 aliphatic carbocycles. The highest BCUT2D eigenvalue weighted by atomic mass is 31.1. The lowest BCUT2D eigenvalue weighted by Gasteiger charge is -2.19. The van der Waals surface area contributed by atoms with Crippen LogP contribution in [0.3, 0.4) is 0 Å². The largest absolute Gasteiger partial charge is 0.505 e. The second kappa shape index (κ2) is 17.7. The lowest BCUT2D eigenvalue weighted by molar-refractivity contribution is -0.0132. The molecule has 29 heavy (non-hydrogen) atoms. The number of ether oxygens (including phenoxy) is 2. The molecule has 0 bridgehead atoms. The summed E-state index contributed by atoms with van der Waals surface area (Å²) in [5, 5.41) is 9.38. The summed E-state index contributed by atoms with van der Waals surface area (Å²) >= 11 is 0. The molecule has 2 radical (unpaired) electrons. The van der Waals surface area contributed by atoms with Crippen LogP contribution in [-0.4, -0.2) is 57.1 Å². The van der Waals surface area contributed by atoms with Crippen LogP contribution >= 0.6 is 8.03 Å². The second-order valence-corrected chi connectivity index (χ2v) is 9.35. The van der Waals surface area contributed by atoms with Crippen molar-refractivity contribution in [3.8, 4) is 0 Å². The molecular weight excluding hydrogens is 386 g/mol. The molecule has 168 valence electrons. The molecule has 7 heteroatoms. The Morgan fingerprint density at radius 1 is 0.862 bits per heavy atom. The number of rotatable bonds is 19. The summed E-state index contributed by atoms with van der Waals surface area (Å²) in [6, 6.07) is -0.654. The average Bonchev–Trinajstić information content (AvgIpc) is 2.99. The van der Waals surface area contributed by atoms with Crippen LogP contribution in [0.15, 0.2) is 0 Å². The number of unbranched alkanes of at least 4 members (excludes halogenated alkanes) is 13. The standard InChI is InChI=1S/C22H43BO5P/c1-3-4-5-6-7-8-9-10-11-12-13-14-15-16-17-26-21-20(28-29(2)25)19(18-24)27-22(21)23/h19-22,24H,3-18H2,1-2H3/q+1. The third kappa shape index (κ3) is 12.4. The Hall–Kier alpha value is 0.00494. The van der Waals surface area contributed by atoms with Crippen molar-refractivity contribution in [1.82, 2.24) is 0 Å². The van der Waals surface area contributed by atoms with E-state index in [9.17, 15) is 9.67 Å². The van der Waals surface area contributed by atoms with Crippen molar-refractivity contribution >= 4 is 15.9 Å². The molecule has 1 saturated heterocycles. The van der Waals surface area contributed by atoms with Gasteiger partial charge in [0.25, 0.3) is 0 Å². The molecular formula is C22H43BO5P+. The van der Waals surface area contributed by atoms with Crippen molar-refractivity contribution in [2.75, 3.05) is 19.9 Å². The maximum atomic E-state index is 11.4. The molecule has 1 aliphatic heterocycles. The number of aliphatic hydroxyl groups excluding tert-OH is 1. The third-order valence-corrected chi connectivity index (χ3v) is 6.14. The Labute approximate surface area is 180 Å². The Kier molecular flexibility index (Phi) is 16.5. The first-order valence-electron chi connectivity index (χ1n) is 11.8. The van der Waals surface area contributed by atoms with E-state index in [2.05, 4.69) is 6.92 Å². The van der Waals surface area contributed by atoms with Crippen molar-refractivity contribution in [2.24, 2.45) is 0 Å². The first-order chi connectivity index (χ1) is 14.1. The van der Waals surface area contributed by atoms with E-state index in [-0.39, 0.29) is 6.61 Å². The van der Waals surface area contributed by atoms with E-state index in [1.165, 1.54) is 83.7 Å². The fraction of sp³-hybridized carbons (Fsp3) is 1.00. The molecule has 1 rings (SSSR count). The van der Waals surface area contributed by atoms with Crippen molar-refractivity contribution in [3.05, 3.63) is 0 Å². The van der Waals surface area contributed by atoms with Gasteiger partial charge in [-0.3, -0.25) is 0 Å². The SMILES string of the molecule is [B]C1OC(CO)C(O[P+](C)=O)C1OCCCCCCCCCCCCCCCC. The maximum absolute atomic E-state index is 11.4. The number of hydrogen-bond donors (Lipinski definition) is 1. The van der Waals surface area contributed by atoms with E-state index in [1.54, 1.807) is 0 Å². The minimum atomic E-state index is -1.80. The van der Waals surface area contributed by atoms with Gasteiger partial charge in [-0.1, -0.05) is 90.4 Å². The van der Waals surface area contributed by atoms with Gasteiger partial charge >= 0.3 is 8.03 Å². The first-order valence-corrected chi connectivity index (χ1v) is 13.4. The Morgan fingerprint density at radius 2 is 1.34 bits per heavy atom. The Bertz CT molecular complexity index is 413. The molecule has 5 atom stereocenters. The van der Waals surface area contributed by atoms with E-state index in [0.29, 0.717) is 6.61 Å². The Balaban J connectivity index is 1.96. The molecule has 1 N–H and O–H groups in total.